The van der Waals surface area contributed by atoms with E-state index in [0.29, 0.717) is 17.3 Å². The fourth-order valence-electron chi connectivity index (χ4n) is 2.73. The van der Waals surface area contributed by atoms with Crippen molar-refractivity contribution in [2.24, 2.45) is 0 Å². The van der Waals surface area contributed by atoms with Gasteiger partial charge in [0.15, 0.2) is 6.61 Å². The maximum Gasteiger partial charge on any atom is 0.261 e. The normalized spacial score (nSPS) is 11.6. The predicted molar refractivity (Wildman–Crippen MR) is 107 cm³/mol. The lowest BCUT2D eigenvalue weighted by atomic mass is 10.1. The van der Waals surface area contributed by atoms with Gasteiger partial charge in [0.05, 0.1) is 0 Å². The van der Waals surface area contributed by atoms with Crippen molar-refractivity contribution in [1.82, 2.24) is 10.2 Å². The SMILES string of the molecule is CNC(=O)C(C)N(Cc1cccc(C)c1)C(=O)COc1ccc(Cl)c(C)c1. The zero-order chi connectivity index (χ0) is 20.0. The van der Waals surface area contributed by atoms with Crippen molar-refractivity contribution in [3.05, 3.63) is 64.2 Å². The quantitative estimate of drug-likeness (QED) is 0.789. The van der Waals surface area contributed by atoms with E-state index in [4.69, 9.17) is 16.3 Å². The fraction of sp³-hybridized carbons (Fsp3) is 0.333. The highest BCUT2D eigenvalue weighted by Gasteiger charge is 2.25. The minimum atomic E-state index is -0.612. The Hall–Kier alpha value is -2.53. The number of hydrogen-bond acceptors (Lipinski definition) is 3. The van der Waals surface area contributed by atoms with E-state index < -0.39 is 6.04 Å². The van der Waals surface area contributed by atoms with Crippen molar-refractivity contribution >= 4 is 23.4 Å². The third kappa shape index (κ3) is 5.73. The van der Waals surface area contributed by atoms with Crippen LogP contribution in [0.15, 0.2) is 42.5 Å². The van der Waals surface area contributed by atoms with Crippen LogP contribution in [0, 0.1) is 13.8 Å². The topological polar surface area (TPSA) is 58.6 Å². The molecule has 0 saturated carbocycles. The summed E-state index contributed by atoms with van der Waals surface area (Å²) >= 11 is 6.01. The van der Waals surface area contributed by atoms with Gasteiger partial charge in [0.25, 0.3) is 5.91 Å². The van der Waals surface area contributed by atoms with Crippen LogP contribution in [0.2, 0.25) is 5.02 Å². The molecule has 144 valence electrons. The van der Waals surface area contributed by atoms with Crippen molar-refractivity contribution in [3.8, 4) is 5.75 Å². The molecule has 0 heterocycles. The maximum absolute atomic E-state index is 12.8. The van der Waals surface area contributed by atoms with Crippen LogP contribution in [0.4, 0.5) is 0 Å². The molecule has 0 aliphatic carbocycles. The maximum atomic E-state index is 12.8. The Kier molecular flexibility index (Phi) is 7.25. The Balaban J connectivity index is 2.14. The van der Waals surface area contributed by atoms with Gasteiger partial charge in [-0.3, -0.25) is 9.59 Å². The Bertz CT molecular complexity index is 823. The lowest BCUT2D eigenvalue weighted by Crippen LogP contribution is -2.48. The van der Waals surface area contributed by atoms with Crippen molar-refractivity contribution < 1.29 is 14.3 Å². The smallest absolute Gasteiger partial charge is 0.261 e. The molecular formula is C21H25ClN2O3. The summed E-state index contributed by atoms with van der Waals surface area (Å²) < 4.78 is 5.63. The standard InChI is InChI=1S/C21H25ClN2O3/c1-14-6-5-7-17(10-14)12-24(16(3)21(26)23-4)20(25)13-27-18-8-9-19(22)15(2)11-18/h5-11,16H,12-13H2,1-4H3,(H,23,26). The van der Waals surface area contributed by atoms with Crippen LogP contribution in [0.5, 0.6) is 5.75 Å². The first-order chi connectivity index (χ1) is 12.8. The second-order valence-corrected chi connectivity index (χ2v) is 6.91. The zero-order valence-electron chi connectivity index (χ0n) is 16.1. The second kappa shape index (κ2) is 9.42. The van der Waals surface area contributed by atoms with Crippen LogP contribution in [0.3, 0.4) is 0 Å². The largest absolute Gasteiger partial charge is 0.484 e. The van der Waals surface area contributed by atoms with Crippen LogP contribution >= 0.6 is 11.6 Å². The summed E-state index contributed by atoms with van der Waals surface area (Å²) in [6, 6.07) is 12.5. The summed E-state index contributed by atoms with van der Waals surface area (Å²) in [6.45, 7) is 5.74. The van der Waals surface area contributed by atoms with Crippen LogP contribution in [0.25, 0.3) is 0 Å². The first-order valence-electron chi connectivity index (χ1n) is 8.77. The summed E-state index contributed by atoms with van der Waals surface area (Å²) in [5.41, 5.74) is 2.93. The van der Waals surface area contributed by atoms with E-state index in [-0.39, 0.29) is 18.4 Å². The molecule has 2 aromatic carbocycles. The molecular weight excluding hydrogens is 364 g/mol. The van der Waals surface area contributed by atoms with E-state index in [9.17, 15) is 9.59 Å². The molecule has 1 unspecified atom stereocenters. The Morgan fingerprint density at radius 1 is 1.19 bits per heavy atom. The highest BCUT2D eigenvalue weighted by molar-refractivity contribution is 6.31. The number of likely N-dealkylation sites (N-methyl/N-ethyl adjacent to an activating group) is 1. The van der Waals surface area contributed by atoms with Crippen molar-refractivity contribution in [2.75, 3.05) is 13.7 Å². The molecule has 0 aromatic heterocycles. The van der Waals surface area contributed by atoms with E-state index in [0.717, 1.165) is 16.7 Å². The molecule has 6 heteroatoms. The molecule has 0 radical (unpaired) electrons. The minimum absolute atomic E-state index is 0.159. The molecule has 0 fully saturated rings. The summed E-state index contributed by atoms with van der Waals surface area (Å²) in [6.07, 6.45) is 0. The van der Waals surface area contributed by atoms with Gasteiger partial charge < -0.3 is 15.0 Å². The van der Waals surface area contributed by atoms with E-state index >= 15 is 0 Å². The Morgan fingerprint density at radius 2 is 1.93 bits per heavy atom. The molecule has 27 heavy (non-hydrogen) atoms. The molecule has 0 saturated heterocycles. The third-order valence-corrected chi connectivity index (χ3v) is 4.76. The number of benzene rings is 2. The molecule has 0 bridgehead atoms. The molecule has 2 amide bonds. The van der Waals surface area contributed by atoms with E-state index in [1.807, 2.05) is 38.1 Å². The molecule has 1 N–H and O–H groups in total. The second-order valence-electron chi connectivity index (χ2n) is 6.50. The summed E-state index contributed by atoms with van der Waals surface area (Å²) in [5, 5.41) is 3.24. The van der Waals surface area contributed by atoms with Gasteiger partial charge in [-0.2, -0.15) is 0 Å². The number of carbonyl (C=O) groups excluding carboxylic acids is 2. The van der Waals surface area contributed by atoms with Crippen molar-refractivity contribution in [3.63, 3.8) is 0 Å². The molecule has 0 aliphatic rings. The van der Waals surface area contributed by atoms with Gasteiger partial charge in [0.2, 0.25) is 5.91 Å². The molecule has 1 atom stereocenters. The lowest BCUT2D eigenvalue weighted by molar-refractivity contribution is -0.142. The number of nitrogens with one attached hydrogen (secondary N) is 1. The number of carbonyl (C=O) groups is 2. The van der Waals surface area contributed by atoms with Crippen LogP contribution in [-0.2, 0) is 16.1 Å². The average molecular weight is 389 g/mol. The third-order valence-electron chi connectivity index (χ3n) is 4.34. The lowest BCUT2D eigenvalue weighted by Gasteiger charge is -2.28. The van der Waals surface area contributed by atoms with Gasteiger partial charge >= 0.3 is 0 Å². The number of ether oxygens (including phenoxy) is 1. The Labute approximate surface area is 165 Å². The number of nitrogens with zero attached hydrogens (tertiary/aromatic N) is 1. The number of amides is 2. The van der Waals surface area contributed by atoms with Gasteiger partial charge in [0.1, 0.15) is 11.8 Å². The number of aryl methyl sites for hydroxylation is 2. The highest BCUT2D eigenvalue weighted by atomic mass is 35.5. The van der Waals surface area contributed by atoms with Crippen LogP contribution in [0.1, 0.15) is 23.6 Å². The summed E-state index contributed by atoms with van der Waals surface area (Å²) in [5.74, 6) is 0.0758. The molecule has 0 aliphatic heterocycles. The zero-order valence-corrected chi connectivity index (χ0v) is 16.8. The number of hydrogen-bond donors (Lipinski definition) is 1. The number of rotatable bonds is 7. The average Bonchev–Trinajstić information content (AvgIpc) is 2.65. The molecule has 2 rings (SSSR count). The van der Waals surface area contributed by atoms with E-state index in [1.54, 1.807) is 32.2 Å². The van der Waals surface area contributed by atoms with Gasteiger partial charge in [-0.05, 0) is 50.1 Å². The van der Waals surface area contributed by atoms with Gasteiger partial charge in [-0.15, -0.1) is 0 Å². The van der Waals surface area contributed by atoms with E-state index in [2.05, 4.69) is 5.32 Å². The first-order valence-corrected chi connectivity index (χ1v) is 9.15. The van der Waals surface area contributed by atoms with Crippen LogP contribution < -0.4 is 10.1 Å². The van der Waals surface area contributed by atoms with Crippen LogP contribution in [-0.4, -0.2) is 36.4 Å². The molecule has 5 nitrogen and oxygen atoms in total. The summed E-state index contributed by atoms with van der Waals surface area (Å²) in [4.78, 5) is 26.4. The Morgan fingerprint density at radius 3 is 2.56 bits per heavy atom. The number of halogens is 1. The van der Waals surface area contributed by atoms with Gasteiger partial charge in [0, 0.05) is 18.6 Å². The minimum Gasteiger partial charge on any atom is -0.484 e. The predicted octanol–water partition coefficient (Wildman–Crippen LogP) is 3.50. The highest BCUT2D eigenvalue weighted by Crippen LogP contribution is 2.21. The van der Waals surface area contributed by atoms with Gasteiger partial charge in [-0.25, -0.2) is 0 Å². The fourth-order valence-corrected chi connectivity index (χ4v) is 2.85. The van der Waals surface area contributed by atoms with E-state index in [1.165, 1.54) is 4.90 Å². The first kappa shape index (κ1) is 20.8. The molecule has 2 aromatic rings. The van der Waals surface area contributed by atoms with Crippen molar-refractivity contribution in [1.29, 1.82) is 0 Å². The monoisotopic (exact) mass is 388 g/mol. The van der Waals surface area contributed by atoms with Crippen molar-refractivity contribution in [2.45, 2.75) is 33.4 Å². The molecule has 0 spiro atoms. The van der Waals surface area contributed by atoms with Gasteiger partial charge in [-0.1, -0.05) is 41.4 Å². The summed E-state index contributed by atoms with van der Waals surface area (Å²) in [7, 11) is 1.56.